The summed E-state index contributed by atoms with van der Waals surface area (Å²) in [6.07, 6.45) is 2.55. The average molecular weight is 350 g/mol. The Labute approximate surface area is 132 Å². The van der Waals surface area contributed by atoms with E-state index in [4.69, 9.17) is 4.74 Å². The third-order valence-electron chi connectivity index (χ3n) is 3.55. The van der Waals surface area contributed by atoms with Crippen LogP contribution in [0.1, 0.15) is 24.0 Å². The van der Waals surface area contributed by atoms with E-state index in [9.17, 15) is 4.39 Å². The summed E-state index contributed by atoms with van der Waals surface area (Å²) in [5.74, 6) is 0.233. The van der Waals surface area contributed by atoms with Crippen LogP contribution in [0.4, 0.5) is 4.39 Å². The lowest BCUT2D eigenvalue weighted by Gasteiger charge is -2.12. The summed E-state index contributed by atoms with van der Waals surface area (Å²) >= 11 is 3.38. The van der Waals surface area contributed by atoms with Gasteiger partial charge in [0.1, 0.15) is 18.2 Å². The van der Waals surface area contributed by atoms with E-state index in [0.29, 0.717) is 18.4 Å². The van der Waals surface area contributed by atoms with Gasteiger partial charge in [-0.1, -0.05) is 24.3 Å². The number of hydrogen-bond acceptors (Lipinski definition) is 2. The molecule has 2 nitrogen and oxygen atoms in total. The van der Waals surface area contributed by atoms with Crippen LogP contribution in [0, 0.1) is 5.82 Å². The second-order valence-corrected chi connectivity index (χ2v) is 6.14. The fraction of sp³-hybridized carbons (Fsp3) is 0.294. The molecule has 4 heteroatoms. The predicted octanol–water partition coefficient (Wildman–Crippen LogP) is 4.42. The van der Waals surface area contributed by atoms with Crippen LogP contribution >= 0.6 is 15.9 Å². The van der Waals surface area contributed by atoms with Crippen LogP contribution in [0.25, 0.3) is 0 Å². The molecule has 1 N–H and O–H groups in total. The number of halogens is 2. The maximum Gasteiger partial charge on any atom is 0.136 e. The summed E-state index contributed by atoms with van der Waals surface area (Å²) in [6.45, 7) is 1.29. The third kappa shape index (κ3) is 4.05. The maximum atomic E-state index is 13.3. The molecular formula is C17H17BrFNO. The molecule has 0 saturated heterocycles. The van der Waals surface area contributed by atoms with Crippen molar-refractivity contribution in [3.05, 3.63) is 63.9 Å². The molecule has 0 amide bonds. The summed E-state index contributed by atoms with van der Waals surface area (Å²) in [6, 6.07) is 13.3. The fourth-order valence-electron chi connectivity index (χ4n) is 2.16. The molecule has 0 radical (unpaired) electrons. The van der Waals surface area contributed by atoms with E-state index in [2.05, 4.69) is 33.4 Å². The Morgan fingerprint density at radius 3 is 2.67 bits per heavy atom. The number of hydrogen-bond donors (Lipinski definition) is 1. The molecule has 3 rings (SSSR count). The molecule has 0 bridgehead atoms. The van der Waals surface area contributed by atoms with Crippen molar-refractivity contribution in [2.75, 3.05) is 0 Å². The van der Waals surface area contributed by atoms with Crippen LogP contribution in [-0.2, 0) is 13.2 Å². The Morgan fingerprint density at radius 1 is 1.14 bits per heavy atom. The van der Waals surface area contributed by atoms with Crippen molar-refractivity contribution < 1.29 is 9.13 Å². The molecule has 0 unspecified atom stereocenters. The first-order valence-corrected chi connectivity index (χ1v) is 7.89. The van der Waals surface area contributed by atoms with E-state index in [1.54, 1.807) is 6.07 Å². The van der Waals surface area contributed by atoms with Gasteiger partial charge in [0.2, 0.25) is 0 Å². The van der Waals surface area contributed by atoms with Gasteiger partial charge in [0.15, 0.2) is 0 Å². The highest BCUT2D eigenvalue weighted by Crippen LogP contribution is 2.27. The minimum Gasteiger partial charge on any atom is -0.488 e. The van der Waals surface area contributed by atoms with Crippen molar-refractivity contribution >= 4 is 15.9 Å². The third-order valence-corrected chi connectivity index (χ3v) is 4.21. The van der Waals surface area contributed by atoms with E-state index < -0.39 is 0 Å². The molecule has 1 aliphatic rings. The zero-order valence-corrected chi connectivity index (χ0v) is 13.2. The van der Waals surface area contributed by atoms with Gasteiger partial charge >= 0.3 is 0 Å². The van der Waals surface area contributed by atoms with Gasteiger partial charge in [-0.15, -0.1) is 0 Å². The Hall–Kier alpha value is -1.39. The summed E-state index contributed by atoms with van der Waals surface area (Å²) < 4.78 is 19.8. The molecule has 0 aliphatic heterocycles. The van der Waals surface area contributed by atoms with Crippen LogP contribution in [0.2, 0.25) is 0 Å². The molecule has 0 aromatic heterocycles. The first kappa shape index (κ1) is 14.5. The fourth-order valence-corrected chi connectivity index (χ4v) is 2.52. The second-order valence-electron chi connectivity index (χ2n) is 5.29. The van der Waals surface area contributed by atoms with Crippen molar-refractivity contribution in [2.24, 2.45) is 0 Å². The first-order chi connectivity index (χ1) is 10.2. The van der Waals surface area contributed by atoms with Crippen molar-refractivity contribution in [1.29, 1.82) is 0 Å². The number of nitrogens with one attached hydrogen (secondary N) is 1. The largest absolute Gasteiger partial charge is 0.488 e. The van der Waals surface area contributed by atoms with E-state index in [-0.39, 0.29) is 5.82 Å². The van der Waals surface area contributed by atoms with E-state index >= 15 is 0 Å². The zero-order chi connectivity index (χ0) is 14.7. The number of ether oxygens (including phenoxy) is 1. The lowest BCUT2D eigenvalue weighted by Crippen LogP contribution is -2.16. The van der Waals surface area contributed by atoms with Gasteiger partial charge < -0.3 is 10.1 Å². The van der Waals surface area contributed by atoms with Gasteiger partial charge in [-0.2, -0.15) is 0 Å². The van der Waals surface area contributed by atoms with Crippen molar-refractivity contribution in [1.82, 2.24) is 5.32 Å². The van der Waals surface area contributed by atoms with Crippen LogP contribution in [0.5, 0.6) is 5.75 Å². The molecule has 0 atom stereocenters. The molecule has 0 spiro atoms. The van der Waals surface area contributed by atoms with Gasteiger partial charge in [0.05, 0.1) is 4.47 Å². The topological polar surface area (TPSA) is 21.3 Å². The van der Waals surface area contributed by atoms with E-state index in [1.807, 2.05) is 12.1 Å². The smallest absolute Gasteiger partial charge is 0.136 e. The molecule has 1 fully saturated rings. The predicted molar refractivity (Wildman–Crippen MR) is 84.7 cm³/mol. The van der Waals surface area contributed by atoms with Crippen molar-refractivity contribution in [3.63, 3.8) is 0 Å². The molecule has 110 valence electrons. The van der Waals surface area contributed by atoms with Crippen LogP contribution in [0.3, 0.4) is 0 Å². The second kappa shape index (κ2) is 6.58. The summed E-state index contributed by atoms with van der Waals surface area (Å²) in [7, 11) is 0. The summed E-state index contributed by atoms with van der Waals surface area (Å²) in [5.41, 5.74) is 2.36. The molecule has 2 aromatic carbocycles. The quantitative estimate of drug-likeness (QED) is 0.833. The van der Waals surface area contributed by atoms with Gasteiger partial charge in [-0.05, 0) is 52.0 Å². The highest BCUT2D eigenvalue weighted by atomic mass is 79.9. The van der Waals surface area contributed by atoms with Gasteiger partial charge in [-0.25, -0.2) is 4.39 Å². The monoisotopic (exact) mass is 349 g/mol. The Morgan fingerprint density at radius 2 is 1.90 bits per heavy atom. The Bertz CT molecular complexity index is 628. The lowest BCUT2D eigenvalue weighted by molar-refractivity contribution is 0.301. The van der Waals surface area contributed by atoms with Crippen LogP contribution in [-0.4, -0.2) is 6.04 Å². The number of benzene rings is 2. The van der Waals surface area contributed by atoms with Gasteiger partial charge in [-0.3, -0.25) is 0 Å². The minimum atomic E-state index is -0.295. The molecule has 1 saturated carbocycles. The average Bonchev–Trinajstić information content (AvgIpc) is 3.31. The highest BCUT2D eigenvalue weighted by molar-refractivity contribution is 9.10. The van der Waals surface area contributed by atoms with E-state index in [1.165, 1.54) is 30.5 Å². The number of rotatable bonds is 6. The summed E-state index contributed by atoms with van der Waals surface area (Å²) in [4.78, 5) is 0. The lowest BCUT2D eigenvalue weighted by atomic mass is 10.1. The molecular weight excluding hydrogens is 333 g/mol. The Balaban J connectivity index is 1.67. The normalized spacial score (nSPS) is 14.2. The molecule has 1 aliphatic carbocycles. The van der Waals surface area contributed by atoms with Gasteiger partial charge in [0.25, 0.3) is 0 Å². The van der Waals surface area contributed by atoms with Crippen molar-refractivity contribution in [2.45, 2.75) is 32.0 Å². The standard InChI is InChI=1S/C17H17BrFNO/c18-16-8-5-14(19)9-17(16)21-11-13-4-2-1-3-12(13)10-20-15-6-7-15/h1-5,8-9,15,20H,6-7,10-11H2. The van der Waals surface area contributed by atoms with Gasteiger partial charge in [0, 0.05) is 18.7 Å². The van der Waals surface area contributed by atoms with Crippen LogP contribution in [0.15, 0.2) is 46.9 Å². The maximum absolute atomic E-state index is 13.3. The van der Waals surface area contributed by atoms with Crippen molar-refractivity contribution in [3.8, 4) is 5.75 Å². The first-order valence-electron chi connectivity index (χ1n) is 7.10. The minimum absolute atomic E-state index is 0.295. The molecule has 2 aromatic rings. The molecule has 0 heterocycles. The van der Waals surface area contributed by atoms with E-state index in [0.717, 1.165) is 16.6 Å². The SMILES string of the molecule is Fc1ccc(Br)c(OCc2ccccc2CNC2CC2)c1. The Kier molecular flexibility index (Phi) is 4.56. The van der Waals surface area contributed by atoms with Crippen LogP contribution < -0.4 is 10.1 Å². The summed E-state index contributed by atoms with van der Waals surface area (Å²) in [5, 5.41) is 3.51. The molecule has 21 heavy (non-hydrogen) atoms. The highest BCUT2D eigenvalue weighted by Gasteiger charge is 2.20. The zero-order valence-electron chi connectivity index (χ0n) is 11.6.